The maximum atomic E-state index is 12.7. The van der Waals surface area contributed by atoms with Crippen molar-refractivity contribution in [1.29, 1.82) is 0 Å². The highest BCUT2D eigenvalue weighted by atomic mass is 16.2. The third kappa shape index (κ3) is 4.05. The Balaban J connectivity index is 2.12. The molecule has 1 aromatic rings. The first-order chi connectivity index (χ1) is 11.6. The second-order valence-electron chi connectivity index (χ2n) is 6.46. The van der Waals surface area contributed by atoms with E-state index >= 15 is 0 Å². The SMILES string of the molecule is CCCCCC/C=C/C[C@@]1(CC(=O)NC)C(=O)Nc2ccccc21. The monoisotopic (exact) mass is 328 g/mol. The van der Waals surface area contributed by atoms with Crippen molar-refractivity contribution in [3.05, 3.63) is 42.0 Å². The van der Waals surface area contributed by atoms with Crippen LogP contribution in [0, 0.1) is 0 Å². The molecule has 0 spiro atoms. The standard InChI is InChI=1S/C20H28N2O2/c1-3-4-5-6-7-8-11-14-20(15-18(23)21-2)16-12-9-10-13-17(16)22-19(20)24/h8-13H,3-7,14-15H2,1-2H3,(H,21,23)(H,22,24)/b11-8+/t20-/m0/s1. The molecule has 4 heteroatoms. The number of fused-ring (bicyclic) bond motifs is 1. The number of unbranched alkanes of at least 4 members (excludes halogenated alkanes) is 4. The molecule has 130 valence electrons. The third-order valence-electron chi connectivity index (χ3n) is 4.72. The Morgan fingerprint density at radius 3 is 2.75 bits per heavy atom. The minimum absolute atomic E-state index is 0.0806. The number of anilines is 1. The van der Waals surface area contributed by atoms with E-state index in [0.29, 0.717) is 6.42 Å². The van der Waals surface area contributed by atoms with Gasteiger partial charge in [-0.15, -0.1) is 0 Å². The van der Waals surface area contributed by atoms with Gasteiger partial charge in [0.1, 0.15) is 0 Å². The molecule has 0 unspecified atom stereocenters. The molecule has 0 aliphatic carbocycles. The normalized spacial score (nSPS) is 19.3. The first-order valence-electron chi connectivity index (χ1n) is 8.90. The number of hydrogen-bond donors (Lipinski definition) is 2. The fourth-order valence-electron chi connectivity index (χ4n) is 3.28. The lowest BCUT2D eigenvalue weighted by Gasteiger charge is -2.25. The molecule has 1 atom stereocenters. The number of carbonyl (C=O) groups is 2. The maximum absolute atomic E-state index is 12.7. The van der Waals surface area contributed by atoms with Gasteiger partial charge >= 0.3 is 0 Å². The Labute approximate surface area is 144 Å². The van der Waals surface area contributed by atoms with Crippen molar-refractivity contribution >= 4 is 17.5 Å². The Morgan fingerprint density at radius 2 is 2.00 bits per heavy atom. The van der Waals surface area contributed by atoms with Crippen molar-refractivity contribution < 1.29 is 9.59 Å². The highest BCUT2D eigenvalue weighted by molar-refractivity contribution is 6.08. The smallest absolute Gasteiger partial charge is 0.235 e. The van der Waals surface area contributed by atoms with Crippen LogP contribution in [0.25, 0.3) is 0 Å². The number of hydrogen-bond acceptors (Lipinski definition) is 2. The summed E-state index contributed by atoms with van der Waals surface area (Å²) in [7, 11) is 1.61. The number of nitrogens with one attached hydrogen (secondary N) is 2. The van der Waals surface area contributed by atoms with E-state index in [1.165, 1.54) is 25.7 Å². The molecule has 0 saturated carbocycles. The number of rotatable bonds is 9. The molecule has 0 fully saturated rings. The first kappa shape index (κ1) is 18.2. The molecule has 0 aromatic heterocycles. The number of benzene rings is 1. The number of allylic oxidation sites excluding steroid dienone is 2. The van der Waals surface area contributed by atoms with Crippen LogP contribution in [0.1, 0.15) is 57.4 Å². The molecule has 24 heavy (non-hydrogen) atoms. The summed E-state index contributed by atoms with van der Waals surface area (Å²) in [4.78, 5) is 24.7. The van der Waals surface area contributed by atoms with Crippen LogP contribution in [0.4, 0.5) is 5.69 Å². The van der Waals surface area contributed by atoms with Gasteiger partial charge in [-0.25, -0.2) is 0 Å². The fourth-order valence-corrected chi connectivity index (χ4v) is 3.28. The molecule has 1 heterocycles. The van der Waals surface area contributed by atoms with Gasteiger partial charge in [-0.2, -0.15) is 0 Å². The van der Waals surface area contributed by atoms with Crippen molar-refractivity contribution in [3.8, 4) is 0 Å². The zero-order valence-corrected chi connectivity index (χ0v) is 14.7. The summed E-state index contributed by atoms with van der Waals surface area (Å²) in [6, 6.07) is 7.67. The van der Waals surface area contributed by atoms with Crippen molar-refractivity contribution in [2.75, 3.05) is 12.4 Å². The van der Waals surface area contributed by atoms with E-state index in [4.69, 9.17) is 0 Å². The molecule has 0 saturated heterocycles. The van der Waals surface area contributed by atoms with E-state index in [0.717, 1.165) is 17.7 Å². The topological polar surface area (TPSA) is 58.2 Å². The van der Waals surface area contributed by atoms with E-state index in [9.17, 15) is 9.59 Å². The van der Waals surface area contributed by atoms with Crippen LogP contribution in [0.2, 0.25) is 0 Å². The molecule has 2 rings (SSSR count). The Hall–Kier alpha value is -2.10. The molecule has 1 aliphatic heterocycles. The zero-order valence-electron chi connectivity index (χ0n) is 14.7. The molecule has 2 amide bonds. The maximum Gasteiger partial charge on any atom is 0.235 e. The average Bonchev–Trinajstić information content (AvgIpc) is 2.86. The summed E-state index contributed by atoms with van der Waals surface area (Å²) < 4.78 is 0. The Morgan fingerprint density at radius 1 is 1.21 bits per heavy atom. The van der Waals surface area contributed by atoms with Gasteiger partial charge in [0.25, 0.3) is 0 Å². The highest BCUT2D eigenvalue weighted by Gasteiger charge is 2.46. The van der Waals surface area contributed by atoms with Crippen LogP contribution in [0.5, 0.6) is 0 Å². The van der Waals surface area contributed by atoms with Crippen molar-refractivity contribution in [2.45, 2.75) is 57.3 Å². The molecule has 0 bridgehead atoms. The lowest BCUT2D eigenvalue weighted by molar-refractivity contribution is -0.128. The molecule has 2 N–H and O–H groups in total. The van der Waals surface area contributed by atoms with Crippen LogP contribution in [-0.2, 0) is 15.0 Å². The van der Waals surface area contributed by atoms with E-state index in [1.54, 1.807) is 7.05 Å². The first-order valence-corrected chi connectivity index (χ1v) is 8.90. The minimum atomic E-state index is -0.795. The van der Waals surface area contributed by atoms with Gasteiger partial charge in [-0.05, 0) is 30.9 Å². The predicted octanol–water partition coefficient (Wildman–Crippen LogP) is 3.93. The van der Waals surface area contributed by atoms with E-state index in [-0.39, 0.29) is 18.2 Å². The molecule has 1 aromatic carbocycles. The van der Waals surface area contributed by atoms with Crippen LogP contribution in [-0.4, -0.2) is 18.9 Å². The van der Waals surface area contributed by atoms with Gasteiger partial charge < -0.3 is 10.6 Å². The second-order valence-corrected chi connectivity index (χ2v) is 6.46. The number of amides is 2. The quantitative estimate of drug-likeness (QED) is 0.533. The summed E-state index contributed by atoms with van der Waals surface area (Å²) in [6.07, 6.45) is 10.9. The van der Waals surface area contributed by atoms with E-state index < -0.39 is 5.41 Å². The van der Waals surface area contributed by atoms with Gasteiger partial charge in [0, 0.05) is 19.2 Å². The summed E-state index contributed by atoms with van der Waals surface area (Å²) in [5.74, 6) is -0.193. The van der Waals surface area contributed by atoms with Crippen molar-refractivity contribution in [2.24, 2.45) is 0 Å². The van der Waals surface area contributed by atoms with Crippen molar-refractivity contribution in [3.63, 3.8) is 0 Å². The van der Waals surface area contributed by atoms with Crippen LogP contribution < -0.4 is 10.6 Å². The van der Waals surface area contributed by atoms with Gasteiger partial charge in [-0.1, -0.05) is 56.5 Å². The van der Waals surface area contributed by atoms with Gasteiger partial charge in [-0.3, -0.25) is 9.59 Å². The molecular weight excluding hydrogens is 300 g/mol. The highest BCUT2D eigenvalue weighted by Crippen LogP contribution is 2.43. The summed E-state index contributed by atoms with van der Waals surface area (Å²) in [5.41, 5.74) is 0.952. The van der Waals surface area contributed by atoms with Crippen molar-refractivity contribution in [1.82, 2.24) is 5.32 Å². The van der Waals surface area contributed by atoms with E-state index in [1.807, 2.05) is 24.3 Å². The van der Waals surface area contributed by atoms with Crippen LogP contribution in [0.3, 0.4) is 0 Å². The summed E-state index contributed by atoms with van der Waals surface area (Å²) in [6.45, 7) is 2.20. The van der Waals surface area contributed by atoms with Gasteiger partial charge in [0.05, 0.1) is 5.41 Å². The van der Waals surface area contributed by atoms with Gasteiger partial charge in [0.15, 0.2) is 0 Å². The summed E-state index contributed by atoms with van der Waals surface area (Å²) >= 11 is 0. The summed E-state index contributed by atoms with van der Waals surface area (Å²) in [5, 5.41) is 5.58. The fraction of sp³-hybridized carbons (Fsp3) is 0.500. The molecule has 1 aliphatic rings. The average molecular weight is 328 g/mol. The van der Waals surface area contributed by atoms with Crippen LogP contribution in [0.15, 0.2) is 36.4 Å². The molecule has 4 nitrogen and oxygen atoms in total. The second kappa shape index (κ2) is 8.67. The van der Waals surface area contributed by atoms with Gasteiger partial charge in [0.2, 0.25) is 11.8 Å². The zero-order chi connectivity index (χ0) is 17.4. The Bertz CT molecular complexity index is 609. The predicted molar refractivity (Wildman–Crippen MR) is 97.9 cm³/mol. The van der Waals surface area contributed by atoms with Crippen LogP contribution >= 0.6 is 0 Å². The third-order valence-corrected chi connectivity index (χ3v) is 4.72. The molecular formula is C20H28N2O2. The lowest BCUT2D eigenvalue weighted by atomic mass is 9.75. The van der Waals surface area contributed by atoms with E-state index in [2.05, 4.69) is 29.7 Å². The largest absolute Gasteiger partial charge is 0.359 e. The molecule has 0 radical (unpaired) electrons. The Kier molecular flexibility index (Phi) is 6.59. The number of para-hydroxylation sites is 1. The lowest BCUT2D eigenvalue weighted by Crippen LogP contribution is -2.39. The minimum Gasteiger partial charge on any atom is -0.359 e. The number of carbonyl (C=O) groups excluding carboxylic acids is 2.